The van der Waals surface area contributed by atoms with E-state index in [1.54, 1.807) is 6.08 Å². The second-order valence-corrected chi connectivity index (χ2v) is 4.71. The fraction of sp³-hybridized carbons (Fsp3) is 0.438. The minimum absolute atomic E-state index is 0.539. The van der Waals surface area contributed by atoms with Gasteiger partial charge in [-0.2, -0.15) is 0 Å². The van der Waals surface area contributed by atoms with Crippen LogP contribution in [-0.4, -0.2) is 17.7 Å². The highest BCUT2D eigenvalue weighted by molar-refractivity contribution is 5.85. The van der Waals surface area contributed by atoms with Crippen LogP contribution in [0.5, 0.6) is 5.75 Å². The van der Waals surface area contributed by atoms with Gasteiger partial charge >= 0.3 is 5.97 Å². The van der Waals surface area contributed by atoms with Crippen LogP contribution in [0.15, 0.2) is 24.3 Å². The topological polar surface area (TPSA) is 46.5 Å². The van der Waals surface area contributed by atoms with Crippen LogP contribution < -0.4 is 4.74 Å². The number of ether oxygens (including phenoxy) is 1. The van der Waals surface area contributed by atoms with Crippen LogP contribution in [0.25, 0.3) is 6.08 Å². The van der Waals surface area contributed by atoms with Crippen LogP contribution in [-0.2, 0) is 4.79 Å². The van der Waals surface area contributed by atoms with E-state index in [1.165, 1.54) is 0 Å². The molecule has 19 heavy (non-hydrogen) atoms. The fourth-order valence-corrected chi connectivity index (χ4v) is 1.82. The Hall–Kier alpha value is -1.77. The van der Waals surface area contributed by atoms with E-state index in [4.69, 9.17) is 9.84 Å². The zero-order valence-corrected chi connectivity index (χ0v) is 11.8. The highest BCUT2D eigenvalue weighted by atomic mass is 16.5. The largest absolute Gasteiger partial charge is 0.493 e. The van der Waals surface area contributed by atoms with Gasteiger partial charge in [-0.15, -0.1) is 0 Å². The lowest BCUT2D eigenvalue weighted by Gasteiger charge is -2.15. The van der Waals surface area contributed by atoms with Crippen molar-refractivity contribution in [1.82, 2.24) is 0 Å². The van der Waals surface area contributed by atoms with Crippen molar-refractivity contribution in [1.29, 1.82) is 0 Å². The lowest BCUT2D eigenvalue weighted by atomic mass is 10.1. The first-order chi connectivity index (χ1) is 9.06. The maximum Gasteiger partial charge on any atom is 0.328 e. The molecular formula is C16H22O3. The molecule has 0 heterocycles. The first-order valence-electron chi connectivity index (χ1n) is 6.71. The number of carboxylic acid groups (broad SMARTS) is 1. The first kappa shape index (κ1) is 15.3. The lowest BCUT2D eigenvalue weighted by Crippen LogP contribution is -2.10. The minimum Gasteiger partial charge on any atom is -0.493 e. The molecule has 0 saturated heterocycles. The summed E-state index contributed by atoms with van der Waals surface area (Å²) in [6, 6.07) is 5.81. The monoisotopic (exact) mass is 262 g/mol. The van der Waals surface area contributed by atoms with Crippen molar-refractivity contribution in [2.75, 3.05) is 6.61 Å². The molecule has 1 N–H and O–H groups in total. The van der Waals surface area contributed by atoms with Gasteiger partial charge in [0.05, 0.1) is 6.61 Å². The minimum atomic E-state index is -0.951. The second kappa shape index (κ2) is 7.62. The molecule has 0 aliphatic carbocycles. The molecule has 0 aliphatic rings. The van der Waals surface area contributed by atoms with Crippen molar-refractivity contribution < 1.29 is 14.6 Å². The fourth-order valence-electron chi connectivity index (χ4n) is 1.82. The Morgan fingerprint density at radius 2 is 2.05 bits per heavy atom. The van der Waals surface area contributed by atoms with Crippen LogP contribution in [0.1, 0.15) is 37.8 Å². The maximum atomic E-state index is 10.6. The van der Waals surface area contributed by atoms with E-state index in [2.05, 4.69) is 13.8 Å². The molecular weight excluding hydrogens is 240 g/mol. The number of benzene rings is 1. The van der Waals surface area contributed by atoms with E-state index >= 15 is 0 Å². The summed E-state index contributed by atoms with van der Waals surface area (Å²) in [6.45, 7) is 6.95. The zero-order chi connectivity index (χ0) is 14.3. The molecule has 0 bridgehead atoms. The summed E-state index contributed by atoms with van der Waals surface area (Å²) in [5.74, 6) is 0.333. The molecule has 0 aromatic heterocycles. The van der Waals surface area contributed by atoms with Crippen molar-refractivity contribution in [3.05, 3.63) is 35.4 Å². The van der Waals surface area contributed by atoms with Gasteiger partial charge in [0, 0.05) is 11.6 Å². The van der Waals surface area contributed by atoms with E-state index in [-0.39, 0.29) is 0 Å². The molecule has 0 aliphatic heterocycles. The Bertz CT molecular complexity index is 445. The van der Waals surface area contributed by atoms with Gasteiger partial charge in [-0.05, 0) is 31.1 Å². The van der Waals surface area contributed by atoms with Gasteiger partial charge in [0.2, 0.25) is 0 Å². The van der Waals surface area contributed by atoms with Crippen LogP contribution in [0.4, 0.5) is 0 Å². The zero-order valence-electron chi connectivity index (χ0n) is 11.8. The van der Waals surface area contributed by atoms with Crippen molar-refractivity contribution in [2.24, 2.45) is 5.92 Å². The predicted molar refractivity (Wildman–Crippen MR) is 77.4 cm³/mol. The summed E-state index contributed by atoms with van der Waals surface area (Å²) in [6.07, 6.45) is 4.89. The smallest absolute Gasteiger partial charge is 0.328 e. The molecule has 3 heteroatoms. The van der Waals surface area contributed by atoms with E-state index in [0.29, 0.717) is 12.5 Å². The summed E-state index contributed by atoms with van der Waals surface area (Å²) in [5, 5.41) is 8.70. The van der Waals surface area contributed by atoms with Crippen LogP contribution >= 0.6 is 0 Å². The molecule has 3 nitrogen and oxygen atoms in total. The van der Waals surface area contributed by atoms with Gasteiger partial charge in [0.1, 0.15) is 5.75 Å². The molecule has 0 amide bonds. The maximum absolute atomic E-state index is 10.6. The van der Waals surface area contributed by atoms with Gasteiger partial charge in [-0.3, -0.25) is 0 Å². The molecule has 104 valence electrons. The molecule has 1 aromatic rings. The third kappa shape index (κ3) is 5.16. The molecule has 0 spiro atoms. The molecule has 0 unspecified atom stereocenters. The quantitative estimate of drug-likeness (QED) is 0.758. The SMILES string of the molecule is CCC(CC)COc1ccc(C)cc1/C=C/C(=O)O. The summed E-state index contributed by atoms with van der Waals surface area (Å²) >= 11 is 0. The highest BCUT2D eigenvalue weighted by Crippen LogP contribution is 2.23. The van der Waals surface area contributed by atoms with E-state index in [1.807, 2.05) is 25.1 Å². The van der Waals surface area contributed by atoms with Gasteiger partial charge in [0.25, 0.3) is 0 Å². The highest BCUT2D eigenvalue weighted by Gasteiger charge is 2.07. The molecule has 0 saturated carbocycles. The number of rotatable bonds is 7. The van der Waals surface area contributed by atoms with Crippen molar-refractivity contribution in [3.63, 3.8) is 0 Å². The van der Waals surface area contributed by atoms with Crippen molar-refractivity contribution in [3.8, 4) is 5.75 Å². The van der Waals surface area contributed by atoms with Crippen LogP contribution in [0.2, 0.25) is 0 Å². The number of hydrogen-bond donors (Lipinski definition) is 1. The Morgan fingerprint density at radius 3 is 2.63 bits per heavy atom. The van der Waals surface area contributed by atoms with E-state index < -0.39 is 5.97 Å². The van der Waals surface area contributed by atoms with Crippen molar-refractivity contribution >= 4 is 12.0 Å². The van der Waals surface area contributed by atoms with Gasteiger partial charge in [-0.25, -0.2) is 4.79 Å². The standard InChI is InChI=1S/C16H22O3/c1-4-13(5-2)11-19-15-8-6-12(3)10-14(15)7-9-16(17)18/h6-10,13H,4-5,11H2,1-3H3,(H,17,18)/b9-7+. The number of carboxylic acids is 1. The number of carbonyl (C=O) groups is 1. The average molecular weight is 262 g/mol. The Kier molecular flexibility index (Phi) is 6.13. The lowest BCUT2D eigenvalue weighted by molar-refractivity contribution is -0.131. The Labute approximate surface area is 114 Å². The number of aryl methyl sites for hydroxylation is 1. The Morgan fingerprint density at radius 1 is 1.37 bits per heavy atom. The molecule has 1 rings (SSSR count). The van der Waals surface area contributed by atoms with Crippen LogP contribution in [0, 0.1) is 12.8 Å². The van der Waals surface area contributed by atoms with Crippen molar-refractivity contribution in [2.45, 2.75) is 33.6 Å². The summed E-state index contributed by atoms with van der Waals surface area (Å²) in [7, 11) is 0. The predicted octanol–water partition coefficient (Wildman–Crippen LogP) is 3.91. The molecule has 1 aromatic carbocycles. The van der Waals surface area contributed by atoms with Gasteiger partial charge in [-0.1, -0.05) is 38.3 Å². The van der Waals surface area contributed by atoms with E-state index in [0.717, 1.165) is 35.8 Å². The second-order valence-electron chi connectivity index (χ2n) is 4.71. The number of hydrogen-bond acceptors (Lipinski definition) is 2. The third-order valence-corrected chi connectivity index (χ3v) is 3.20. The summed E-state index contributed by atoms with van der Waals surface area (Å²) < 4.78 is 5.82. The van der Waals surface area contributed by atoms with Gasteiger partial charge < -0.3 is 9.84 Å². The normalized spacial score (nSPS) is 11.2. The summed E-state index contributed by atoms with van der Waals surface area (Å²) in [5.41, 5.74) is 1.90. The molecule has 0 atom stereocenters. The average Bonchev–Trinajstić information content (AvgIpc) is 2.39. The molecule has 0 fully saturated rings. The third-order valence-electron chi connectivity index (χ3n) is 3.20. The molecule has 0 radical (unpaired) electrons. The number of aliphatic carboxylic acids is 1. The first-order valence-corrected chi connectivity index (χ1v) is 6.71. The summed E-state index contributed by atoms with van der Waals surface area (Å²) in [4.78, 5) is 10.6. The van der Waals surface area contributed by atoms with E-state index in [9.17, 15) is 4.79 Å². The van der Waals surface area contributed by atoms with Crippen LogP contribution in [0.3, 0.4) is 0 Å². The Balaban J connectivity index is 2.84. The van der Waals surface area contributed by atoms with Gasteiger partial charge in [0.15, 0.2) is 0 Å².